The Morgan fingerprint density at radius 1 is 1.00 bits per heavy atom. The van der Waals surface area contributed by atoms with Gasteiger partial charge in [-0.2, -0.15) is 5.11 Å². The van der Waals surface area contributed by atoms with E-state index in [1.165, 1.54) is 14.1 Å². The first-order valence-electron chi connectivity index (χ1n) is 4.17. The Morgan fingerprint density at radius 3 is 1.57 bits per heavy atom. The number of hydrogen-bond acceptors (Lipinski definition) is 5. The van der Waals surface area contributed by atoms with E-state index in [1.54, 1.807) is 14.1 Å². The van der Waals surface area contributed by atoms with E-state index >= 15 is 0 Å². The van der Waals surface area contributed by atoms with Gasteiger partial charge in [-0.25, -0.2) is 15.6 Å². The van der Waals surface area contributed by atoms with Gasteiger partial charge in [0.1, 0.15) is 0 Å². The number of carbonyl (C=O) groups is 1. The number of azo groups is 1. The van der Waals surface area contributed by atoms with Crippen LogP contribution in [0.5, 0.6) is 0 Å². The Kier molecular flexibility index (Phi) is 124. The summed E-state index contributed by atoms with van der Waals surface area (Å²) in [6.07, 6.45) is 0. The first-order chi connectivity index (χ1) is 7.62. The summed E-state index contributed by atoms with van der Waals surface area (Å²) < 4.78 is 0. The zero-order chi connectivity index (χ0) is 12.8. The summed E-state index contributed by atoms with van der Waals surface area (Å²) in [5, 5.41) is 18.0. The van der Waals surface area contributed by atoms with Crippen LogP contribution in [0.1, 0.15) is 7.43 Å². The van der Waals surface area contributed by atoms with Crippen LogP contribution >= 0.6 is 0 Å². The number of nitrogens with zero attached hydrogens (tertiary/aromatic N) is 4. The number of hydrogen-bond donors (Lipinski definition) is 5. The number of urea groups is 1. The van der Waals surface area contributed by atoms with Crippen LogP contribution in [0.2, 0.25) is 0 Å². The van der Waals surface area contributed by atoms with Crippen molar-refractivity contribution in [2.24, 2.45) is 15.3 Å². The SMILES string of the molecule is C.CN=NC(O)=N[N-]C.CNNC(=O)NNC.O.O.O.O.[Cr].[Cr]. The molecule has 0 aliphatic heterocycles. The van der Waals surface area contributed by atoms with Crippen LogP contribution in [-0.4, -0.2) is 67.3 Å². The predicted molar refractivity (Wildman–Crippen MR) is 81.1 cm³/mol. The number of nitrogens with one attached hydrogen (secondary N) is 4. The molecule has 0 fully saturated rings. The summed E-state index contributed by atoms with van der Waals surface area (Å²) in [7, 11) is 6.08. The maximum Gasteiger partial charge on any atom is 0.343 e. The number of carbonyl (C=O) groups excluding carboxylic acids is 1. The van der Waals surface area contributed by atoms with Crippen LogP contribution in [0.4, 0.5) is 4.79 Å². The topological polar surface area (TPSA) is 263 Å². The third-order valence-corrected chi connectivity index (χ3v) is 0.856. The van der Waals surface area contributed by atoms with Crippen molar-refractivity contribution in [3.8, 4) is 0 Å². The minimum Gasteiger partial charge on any atom is -0.600 e. The zero-order valence-corrected chi connectivity index (χ0v) is 15.0. The molecule has 146 valence electrons. The second-order valence-electron chi connectivity index (χ2n) is 1.98. The van der Waals surface area contributed by atoms with E-state index in [0.29, 0.717) is 0 Å². The van der Waals surface area contributed by atoms with Gasteiger partial charge < -0.3 is 37.5 Å². The molecule has 0 aliphatic carbocycles. The molecule has 0 radical (unpaired) electrons. The van der Waals surface area contributed by atoms with Crippen LogP contribution in [-0.2, 0) is 34.7 Å². The van der Waals surface area contributed by atoms with Crippen molar-refractivity contribution in [1.29, 1.82) is 0 Å². The van der Waals surface area contributed by atoms with Crippen LogP contribution in [0.25, 0.3) is 5.43 Å². The molecule has 0 saturated carbocycles. The minimum absolute atomic E-state index is 0. The first kappa shape index (κ1) is 57.4. The van der Waals surface area contributed by atoms with E-state index < -0.39 is 6.02 Å². The van der Waals surface area contributed by atoms with Crippen molar-refractivity contribution in [2.45, 2.75) is 7.43 Å². The van der Waals surface area contributed by atoms with Crippen LogP contribution in [0.3, 0.4) is 0 Å². The summed E-state index contributed by atoms with van der Waals surface area (Å²) in [5.41, 5.74) is 12.7. The van der Waals surface area contributed by atoms with Crippen LogP contribution in [0.15, 0.2) is 15.3 Å². The van der Waals surface area contributed by atoms with E-state index in [1.807, 2.05) is 0 Å². The Bertz CT molecular complexity index is 241. The Labute approximate surface area is 157 Å². The molecule has 0 aromatic carbocycles. The fourth-order valence-electron chi connectivity index (χ4n) is 0.457. The van der Waals surface area contributed by atoms with Crippen LogP contribution < -0.4 is 21.7 Å². The van der Waals surface area contributed by atoms with Gasteiger partial charge in [0.25, 0.3) is 0 Å². The maximum atomic E-state index is 10.3. The molecule has 0 bridgehead atoms. The molecule has 0 saturated heterocycles. The number of aliphatic hydroxyl groups is 1. The number of aliphatic hydroxyl groups excluding tert-OH is 1. The van der Waals surface area contributed by atoms with Gasteiger partial charge >= 0.3 is 12.1 Å². The fraction of sp³-hybridized carbons (Fsp3) is 0.714. The van der Waals surface area contributed by atoms with E-state index in [0.717, 1.165) is 0 Å². The number of amidine groups is 1. The number of amides is 2. The molecule has 13 N–H and O–H groups in total. The van der Waals surface area contributed by atoms with Gasteiger partial charge in [-0.1, -0.05) is 12.5 Å². The molecule has 0 aliphatic rings. The summed E-state index contributed by atoms with van der Waals surface area (Å²) in [6, 6.07) is -0.731. The van der Waals surface area contributed by atoms with Crippen molar-refractivity contribution < 1.29 is 66.5 Å². The molecule has 0 aromatic rings. The zero-order valence-electron chi connectivity index (χ0n) is 12.5. The third-order valence-electron chi connectivity index (χ3n) is 0.856. The van der Waals surface area contributed by atoms with Gasteiger partial charge in [0.2, 0.25) is 0 Å². The van der Waals surface area contributed by atoms with Crippen molar-refractivity contribution in [1.82, 2.24) is 21.7 Å². The van der Waals surface area contributed by atoms with Crippen LogP contribution in [0, 0.1) is 0 Å². The third kappa shape index (κ3) is 62.7. The van der Waals surface area contributed by atoms with Crippen molar-refractivity contribution >= 4 is 12.1 Å². The maximum absolute atomic E-state index is 10.3. The van der Waals surface area contributed by atoms with Crippen molar-refractivity contribution in [3.05, 3.63) is 5.43 Å². The molecule has 2 amide bonds. The summed E-state index contributed by atoms with van der Waals surface area (Å²) in [6.45, 7) is 0. The average Bonchev–Trinajstić information content (AvgIpc) is 2.20. The molecule has 0 spiro atoms. The largest absolute Gasteiger partial charge is 0.600 e. The van der Waals surface area contributed by atoms with Gasteiger partial charge in [0.15, 0.2) is 0 Å². The molecule has 0 rings (SSSR count). The molecule has 0 unspecified atom stereocenters. The van der Waals surface area contributed by atoms with E-state index in [2.05, 4.69) is 42.5 Å². The molecule has 0 atom stereocenters. The Morgan fingerprint density at radius 2 is 1.35 bits per heavy atom. The molecule has 0 aromatic heterocycles. The monoisotopic (exact) mass is 425 g/mol. The van der Waals surface area contributed by atoms with Gasteiger partial charge in [0.05, 0.1) is 0 Å². The minimum atomic E-state index is -0.421. The molecular formula is C7H29Cr2N8O6-. The van der Waals surface area contributed by atoms with Gasteiger partial charge in [-0.05, 0) is 0 Å². The Hall–Kier alpha value is -1.04. The molecule has 0 heterocycles. The molecule has 14 nitrogen and oxygen atoms in total. The van der Waals surface area contributed by atoms with Gasteiger partial charge in [0, 0.05) is 55.9 Å². The second kappa shape index (κ2) is 49.7. The quantitative estimate of drug-likeness (QED) is 0.135. The van der Waals surface area contributed by atoms with Crippen molar-refractivity contribution in [2.75, 3.05) is 28.2 Å². The second-order valence-corrected chi connectivity index (χ2v) is 1.98. The summed E-state index contributed by atoms with van der Waals surface area (Å²) in [4.78, 5) is 10.3. The average molecular weight is 425 g/mol. The van der Waals surface area contributed by atoms with Gasteiger partial charge in [-0.15, -0.1) is 7.05 Å². The van der Waals surface area contributed by atoms with Gasteiger partial charge in [-0.3, -0.25) is 10.9 Å². The van der Waals surface area contributed by atoms with E-state index in [4.69, 9.17) is 5.11 Å². The predicted octanol–water partition coefficient (Wildman–Crippen LogP) is -3.21. The number of hydrazine groups is 2. The van der Waals surface area contributed by atoms with Crippen molar-refractivity contribution in [3.63, 3.8) is 0 Å². The Balaban J connectivity index is -0.0000000187. The summed E-state index contributed by atoms with van der Waals surface area (Å²) in [5.74, 6) is 0. The molecule has 23 heavy (non-hydrogen) atoms. The number of rotatable bonds is 3. The fourth-order valence-corrected chi connectivity index (χ4v) is 0.457. The van der Waals surface area contributed by atoms with E-state index in [-0.39, 0.29) is 70.1 Å². The molecule has 16 heteroatoms. The standard InChI is InChI=1S/C3H10N4O.C3H7N4O.CH4.2Cr.4H2O/c2*1-4-6-3(8)7-5-2;;;;;;;/h4-5H,1-2H3,(H2,6,7,8);1-2H3,(H-,4,5,6,7,8);1H4;;;4*1H2/q;-1;;;;;;;. The smallest absolute Gasteiger partial charge is 0.343 e. The van der Waals surface area contributed by atoms with E-state index in [9.17, 15) is 4.79 Å². The first-order valence-corrected chi connectivity index (χ1v) is 4.17. The molecular weight excluding hydrogens is 396 g/mol. The summed E-state index contributed by atoms with van der Waals surface area (Å²) >= 11 is 0. The normalized spacial score (nSPS) is 7.22.